The van der Waals surface area contributed by atoms with Gasteiger partial charge in [-0.3, -0.25) is 9.59 Å². The van der Waals surface area contributed by atoms with Crippen molar-refractivity contribution in [3.05, 3.63) is 100 Å². The first kappa shape index (κ1) is 30.6. The summed E-state index contributed by atoms with van der Waals surface area (Å²) >= 11 is 6.05. The highest BCUT2D eigenvalue weighted by Gasteiger charge is 2.39. The SMILES string of the molecule is COc1cc(Cl)ccc1OCCCc1ccc(C2=C(C(=O)N(C)CCc3ccccc3)C3CN(C(C)=O)CC(C2)N3)cc1. The number of piperazine rings is 1. The van der Waals surface area contributed by atoms with Gasteiger partial charge >= 0.3 is 0 Å². The summed E-state index contributed by atoms with van der Waals surface area (Å²) in [4.78, 5) is 30.0. The predicted molar refractivity (Wildman–Crippen MR) is 171 cm³/mol. The van der Waals surface area contributed by atoms with Crippen LogP contribution in [0.15, 0.2) is 78.4 Å². The van der Waals surface area contributed by atoms with Gasteiger partial charge in [0.05, 0.1) is 19.8 Å². The van der Waals surface area contributed by atoms with Gasteiger partial charge in [0, 0.05) is 56.3 Å². The average molecular weight is 602 g/mol. The van der Waals surface area contributed by atoms with Crippen LogP contribution in [0.5, 0.6) is 11.5 Å². The predicted octanol–water partition coefficient (Wildman–Crippen LogP) is 5.41. The molecule has 5 rings (SSSR count). The molecule has 43 heavy (non-hydrogen) atoms. The van der Waals surface area contributed by atoms with Crippen LogP contribution in [-0.2, 0) is 22.4 Å². The second-order valence-corrected chi connectivity index (χ2v) is 11.8. The third-order valence-electron chi connectivity index (χ3n) is 8.30. The van der Waals surface area contributed by atoms with Crippen molar-refractivity contribution in [1.82, 2.24) is 15.1 Å². The lowest BCUT2D eigenvalue weighted by molar-refractivity contribution is -0.132. The van der Waals surface area contributed by atoms with Crippen molar-refractivity contribution in [2.45, 2.75) is 44.7 Å². The molecule has 1 saturated heterocycles. The van der Waals surface area contributed by atoms with Crippen molar-refractivity contribution >= 4 is 29.0 Å². The van der Waals surface area contributed by atoms with Gasteiger partial charge in [-0.2, -0.15) is 0 Å². The number of ether oxygens (including phenoxy) is 2. The number of carbonyl (C=O) groups is 2. The van der Waals surface area contributed by atoms with Crippen molar-refractivity contribution in [2.75, 3.05) is 40.4 Å². The minimum atomic E-state index is -0.195. The Bertz CT molecular complexity index is 1460. The van der Waals surface area contributed by atoms with E-state index < -0.39 is 0 Å². The molecule has 226 valence electrons. The zero-order valence-electron chi connectivity index (χ0n) is 25.1. The first-order valence-corrected chi connectivity index (χ1v) is 15.3. The molecular formula is C35H40ClN3O4. The molecule has 0 spiro atoms. The van der Waals surface area contributed by atoms with E-state index in [1.165, 1.54) is 11.1 Å². The maximum atomic E-state index is 14.0. The van der Waals surface area contributed by atoms with Gasteiger partial charge in [0.2, 0.25) is 5.91 Å². The van der Waals surface area contributed by atoms with E-state index in [1.807, 2.05) is 41.1 Å². The fourth-order valence-corrected chi connectivity index (χ4v) is 6.13. The quantitative estimate of drug-likeness (QED) is 0.298. The number of carbonyl (C=O) groups excluding carboxylic acids is 2. The van der Waals surface area contributed by atoms with Gasteiger partial charge in [-0.15, -0.1) is 0 Å². The summed E-state index contributed by atoms with van der Waals surface area (Å²) in [5.74, 6) is 1.37. The average Bonchev–Trinajstić information content (AvgIpc) is 3.02. The number of nitrogens with zero attached hydrogens (tertiary/aromatic N) is 2. The summed E-state index contributed by atoms with van der Waals surface area (Å²) in [6, 6.07) is 24.1. The molecular weight excluding hydrogens is 562 g/mol. The molecule has 0 saturated carbocycles. The van der Waals surface area contributed by atoms with Crippen molar-refractivity contribution in [2.24, 2.45) is 0 Å². The fourth-order valence-electron chi connectivity index (χ4n) is 5.96. The van der Waals surface area contributed by atoms with E-state index in [-0.39, 0.29) is 23.9 Å². The Kier molecular flexibility index (Phi) is 10.1. The molecule has 2 aliphatic heterocycles. The molecule has 1 N–H and O–H groups in total. The van der Waals surface area contributed by atoms with E-state index >= 15 is 0 Å². The molecule has 7 nitrogen and oxygen atoms in total. The minimum Gasteiger partial charge on any atom is -0.493 e. The highest BCUT2D eigenvalue weighted by molar-refractivity contribution is 6.30. The number of likely N-dealkylation sites (N-methyl/N-ethyl adjacent to an activating group) is 1. The normalized spacial score (nSPS) is 17.9. The molecule has 0 aromatic heterocycles. The monoisotopic (exact) mass is 601 g/mol. The van der Waals surface area contributed by atoms with Crippen LogP contribution in [0.25, 0.3) is 5.57 Å². The van der Waals surface area contributed by atoms with Crippen LogP contribution < -0.4 is 14.8 Å². The zero-order valence-corrected chi connectivity index (χ0v) is 25.9. The number of halogens is 1. The van der Waals surface area contributed by atoms with Crippen LogP contribution in [-0.4, -0.2) is 74.1 Å². The largest absolute Gasteiger partial charge is 0.493 e. The first-order valence-electron chi connectivity index (χ1n) is 14.9. The van der Waals surface area contributed by atoms with Crippen LogP contribution in [0.2, 0.25) is 5.02 Å². The molecule has 3 aromatic carbocycles. The number of hydrogen-bond acceptors (Lipinski definition) is 5. The number of hydrogen-bond donors (Lipinski definition) is 1. The van der Waals surface area contributed by atoms with Crippen molar-refractivity contribution in [3.8, 4) is 11.5 Å². The molecule has 0 radical (unpaired) electrons. The van der Waals surface area contributed by atoms with Crippen LogP contribution in [0.1, 0.15) is 36.5 Å². The van der Waals surface area contributed by atoms with Gasteiger partial charge in [-0.25, -0.2) is 0 Å². The molecule has 8 heteroatoms. The Balaban J connectivity index is 1.29. The van der Waals surface area contributed by atoms with Crippen LogP contribution in [0.4, 0.5) is 0 Å². The third-order valence-corrected chi connectivity index (χ3v) is 8.54. The van der Waals surface area contributed by atoms with Crippen LogP contribution in [0.3, 0.4) is 0 Å². The van der Waals surface area contributed by atoms with Gasteiger partial charge < -0.3 is 24.6 Å². The van der Waals surface area contributed by atoms with Gasteiger partial charge in [0.1, 0.15) is 0 Å². The second-order valence-electron chi connectivity index (χ2n) is 11.3. The molecule has 3 aromatic rings. The van der Waals surface area contributed by atoms with Crippen molar-refractivity contribution in [1.29, 1.82) is 0 Å². The summed E-state index contributed by atoms with van der Waals surface area (Å²) in [6.45, 7) is 3.93. The standard InChI is InChI=1S/C35H40ClN3O4/c1-24(40)39-22-29-21-30(34(31(23-39)37-29)35(41)38(2)18-17-25-8-5-4-6-9-25)27-13-11-26(12-14-27)10-7-19-43-32-16-15-28(36)20-33(32)42-3/h4-6,8-9,11-16,20,29,31,37H,7,10,17-19,21-23H2,1-3H3. The fraction of sp³-hybridized carbons (Fsp3) is 0.371. The Morgan fingerprint density at radius 2 is 1.72 bits per heavy atom. The van der Waals surface area contributed by atoms with E-state index in [4.69, 9.17) is 21.1 Å². The Morgan fingerprint density at radius 3 is 2.44 bits per heavy atom. The molecule has 2 heterocycles. The maximum Gasteiger partial charge on any atom is 0.251 e. The molecule has 2 unspecified atom stereocenters. The lowest BCUT2D eigenvalue weighted by Gasteiger charge is -2.44. The molecule has 2 bridgehead atoms. The maximum absolute atomic E-state index is 14.0. The number of nitrogens with one attached hydrogen (secondary N) is 1. The first-order chi connectivity index (χ1) is 20.8. The number of methoxy groups -OCH3 is 1. The highest BCUT2D eigenvalue weighted by atomic mass is 35.5. The highest BCUT2D eigenvalue weighted by Crippen LogP contribution is 2.34. The van der Waals surface area contributed by atoms with E-state index in [0.29, 0.717) is 49.2 Å². The van der Waals surface area contributed by atoms with Crippen molar-refractivity contribution in [3.63, 3.8) is 0 Å². The Hall–Kier alpha value is -3.81. The van der Waals surface area contributed by atoms with Gasteiger partial charge in [0.25, 0.3) is 5.91 Å². The number of rotatable bonds is 11. The van der Waals surface area contributed by atoms with E-state index in [2.05, 4.69) is 41.7 Å². The Labute approximate surface area is 259 Å². The number of amides is 2. The number of benzene rings is 3. The van der Waals surface area contributed by atoms with Gasteiger partial charge in [-0.05, 0) is 60.1 Å². The minimum absolute atomic E-state index is 0.0196. The van der Waals surface area contributed by atoms with Gasteiger partial charge in [0.15, 0.2) is 11.5 Å². The summed E-state index contributed by atoms with van der Waals surface area (Å²) < 4.78 is 11.3. The number of aryl methyl sites for hydroxylation is 1. The zero-order chi connectivity index (χ0) is 30.3. The molecule has 2 aliphatic rings. The van der Waals surface area contributed by atoms with Gasteiger partial charge in [-0.1, -0.05) is 66.2 Å². The smallest absolute Gasteiger partial charge is 0.251 e. The summed E-state index contributed by atoms with van der Waals surface area (Å²) in [5.41, 5.74) is 5.33. The second kappa shape index (κ2) is 14.1. The lowest BCUT2D eigenvalue weighted by Crippen LogP contribution is -2.61. The Morgan fingerprint density at radius 1 is 0.977 bits per heavy atom. The van der Waals surface area contributed by atoms with Crippen LogP contribution in [0, 0.1) is 0 Å². The third kappa shape index (κ3) is 7.59. The van der Waals surface area contributed by atoms with E-state index in [0.717, 1.165) is 36.0 Å². The summed E-state index contributed by atoms with van der Waals surface area (Å²) in [7, 11) is 3.48. The molecule has 1 fully saturated rings. The van der Waals surface area contributed by atoms with Crippen LogP contribution >= 0.6 is 11.6 Å². The summed E-state index contributed by atoms with van der Waals surface area (Å²) in [6.07, 6.45) is 3.20. The lowest BCUT2D eigenvalue weighted by atomic mass is 9.82. The topological polar surface area (TPSA) is 71.1 Å². The number of fused-ring (bicyclic) bond motifs is 2. The van der Waals surface area contributed by atoms with E-state index in [1.54, 1.807) is 26.2 Å². The van der Waals surface area contributed by atoms with Crippen molar-refractivity contribution < 1.29 is 19.1 Å². The molecule has 2 atom stereocenters. The summed E-state index contributed by atoms with van der Waals surface area (Å²) in [5, 5.41) is 4.25. The van der Waals surface area contributed by atoms with E-state index in [9.17, 15) is 9.59 Å². The molecule has 2 amide bonds. The molecule has 0 aliphatic carbocycles.